The summed E-state index contributed by atoms with van der Waals surface area (Å²) in [7, 11) is 0. The Balaban J connectivity index is 2.14. The number of nitrogens with one attached hydrogen (secondary N) is 2. The molecular weight excluding hydrogens is 412 g/mol. The van der Waals surface area contributed by atoms with Crippen LogP contribution in [0.25, 0.3) is 0 Å². The molecule has 2 nitrogen and oxygen atoms in total. The average molecular weight is 477 g/mol. The summed E-state index contributed by atoms with van der Waals surface area (Å²) in [5, 5.41) is 8.03. The molecule has 0 radical (unpaired) electrons. The van der Waals surface area contributed by atoms with Crippen molar-refractivity contribution in [1.29, 1.82) is 0 Å². The highest BCUT2D eigenvalue weighted by atomic mass is 15.0. The summed E-state index contributed by atoms with van der Waals surface area (Å²) in [4.78, 5) is 0. The van der Waals surface area contributed by atoms with E-state index < -0.39 is 0 Å². The Labute approximate surface area is 215 Å². The molecular formula is C32H64N2. The molecule has 0 amide bonds. The molecule has 0 saturated carbocycles. The van der Waals surface area contributed by atoms with Crippen molar-refractivity contribution in [3.63, 3.8) is 0 Å². The van der Waals surface area contributed by atoms with Gasteiger partial charge in [-0.3, -0.25) is 0 Å². The summed E-state index contributed by atoms with van der Waals surface area (Å²) in [6.07, 6.45) is 35.8. The first-order valence-electron chi connectivity index (χ1n) is 16.2. The van der Waals surface area contributed by atoms with Gasteiger partial charge in [-0.05, 0) is 76.4 Å². The maximum Gasteiger partial charge on any atom is 0.0235 e. The zero-order valence-electron chi connectivity index (χ0n) is 23.8. The fraction of sp³-hybridized carbons (Fsp3) is 1.00. The first-order chi connectivity index (χ1) is 16.8. The van der Waals surface area contributed by atoms with E-state index in [9.17, 15) is 0 Å². The lowest BCUT2D eigenvalue weighted by Crippen LogP contribution is -2.58. The smallest absolute Gasteiger partial charge is 0.0235 e. The van der Waals surface area contributed by atoms with Crippen LogP contribution in [0.3, 0.4) is 0 Å². The summed E-state index contributed by atoms with van der Waals surface area (Å²) in [5.74, 6) is 0. The van der Waals surface area contributed by atoms with Gasteiger partial charge in [0.15, 0.2) is 0 Å². The molecule has 0 aromatic carbocycles. The van der Waals surface area contributed by atoms with Crippen molar-refractivity contribution in [3.05, 3.63) is 0 Å². The van der Waals surface area contributed by atoms with E-state index in [2.05, 4.69) is 24.5 Å². The number of hydrogen-bond acceptors (Lipinski definition) is 2. The highest BCUT2D eigenvalue weighted by molar-refractivity contribution is 5.03. The predicted molar refractivity (Wildman–Crippen MR) is 153 cm³/mol. The van der Waals surface area contributed by atoms with Gasteiger partial charge < -0.3 is 10.6 Å². The maximum absolute atomic E-state index is 4.35. The zero-order valence-corrected chi connectivity index (χ0v) is 23.8. The minimum atomic E-state index is 0.359. The Morgan fingerprint density at radius 1 is 0.412 bits per heavy atom. The summed E-state index contributed by atoms with van der Waals surface area (Å²) in [6, 6.07) is 0. The fourth-order valence-electron chi connectivity index (χ4n) is 7.42. The van der Waals surface area contributed by atoms with Crippen molar-refractivity contribution in [2.24, 2.45) is 5.41 Å². The van der Waals surface area contributed by atoms with E-state index >= 15 is 0 Å². The standard InChI is InChI=1S/C32H64N2/c1-3-31(25-19-13-12-16-22-28-33-29-23-18-15-20-26-31)32(4-2)27-21-14-10-8-6-5-7-9-11-17-24-30-34-32/h33-34H,3-30H2,1-2H3. The second kappa shape index (κ2) is 19.1. The molecule has 2 N–H and O–H groups in total. The Kier molecular flexibility index (Phi) is 16.9. The van der Waals surface area contributed by atoms with Crippen molar-refractivity contribution < 1.29 is 0 Å². The molecule has 2 aliphatic rings. The minimum Gasteiger partial charge on any atom is -0.317 e. The average Bonchev–Trinajstić information content (AvgIpc) is 2.87. The molecule has 2 heterocycles. The lowest BCUT2D eigenvalue weighted by Gasteiger charge is -2.52. The Hall–Kier alpha value is -0.0800. The molecule has 202 valence electrons. The van der Waals surface area contributed by atoms with Crippen LogP contribution in [0.15, 0.2) is 0 Å². The first-order valence-corrected chi connectivity index (χ1v) is 16.2. The lowest BCUT2D eigenvalue weighted by molar-refractivity contribution is 0.0332. The van der Waals surface area contributed by atoms with Crippen molar-refractivity contribution in [3.8, 4) is 0 Å². The topological polar surface area (TPSA) is 24.1 Å². The van der Waals surface area contributed by atoms with E-state index in [1.165, 1.54) is 180 Å². The predicted octanol–water partition coefficient (Wildman–Crippen LogP) is 9.71. The van der Waals surface area contributed by atoms with Gasteiger partial charge in [0.1, 0.15) is 0 Å². The molecule has 2 heteroatoms. The van der Waals surface area contributed by atoms with Crippen LogP contribution in [0.4, 0.5) is 0 Å². The van der Waals surface area contributed by atoms with Crippen LogP contribution < -0.4 is 10.6 Å². The van der Waals surface area contributed by atoms with Crippen LogP contribution in [0, 0.1) is 5.41 Å². The van der Waals surface area contributed by atoms with Crippen LogP contribution in [0.1, 0.15) is 174 Å². The Morgan fingerprint density at radius 3 is 1.24 bits per heavy atom. The van der Waals surface area contributed by atoms with Crippen molar-refractivity contribution in [2.45, 2.75) is 180 Å². The number of hydrogen-bond donors (Lipinski definition) is 2. The second-order valence-electron chi connectivity index (χ2n) is 12.1. The zero-order chi connectivity index (χ0) is 24.2. The Bertz CT molecular complexity index is 386. The summed E-state index contributed by atoms with van der Waals surface area (Å²) >= 11 is 0. The van der Waals surface area contributed by atoms with E-state index in [-0.39, 0.29) is 0 Å². The highest BCUT2D eigenvalue weighted by Gasteiger charge is 2.47. The molecule has 2 aliphatic heterocycles. The third-order valence-electron chi connectivity index (χ3n) is 9.81. The van der Waals surface area contributed by atoms with Crippen LogP contribution >= 0.6 is 0 Å². The number of rotatable bonds is 3. The van der Waals surface area contributed by atoms with E-state index in [1.807, 2.05) is 0 Å². The lowest BCUT2D eigenvalue weighted by atomic mass is 9.59. The molecule has 2 fully saturated rings. The van der Waals surface area contributed by atoms with Crippen LogP contribution in [-0.2, 0) is 0 Å². The maximum atomic E-state index is 4.35. The second-order valence-corrected chi connectivity index (χ2v) is 12.1. The van der Waals surface area contributed by atoms with Gasteiger partial charge in [0, 0.05) is 5.54 Å². The third kappa shape index (κ3) is 10.9. The molecule has 0 aromatic heterocycles. The van der Waals surface area contributed by atoms with Gasteiger partial charge in [0.05, 0.1) is 0 Å². The third-order valence-corrected chi connectivity index (χ3v) is 9.81. The van der Waals surface area contributed by atoms with E-state index in [4.69, 9.17) is 0 Å². The first kappa shape index (κ1) is 30.1. The van der Waals surface area contributed by atoms with E-state index in [0.717, 1.165) is 0 Å². The minimum absolute atomic E-state index is 0.359. The van der Waals surface area contributed by atoms with Gasteiger partial charge in [-0.15, -0.1) is 0 Å². The van der Waals surface area contributed by atoms with Crippen molar-refractivity contribution in [2.75, 3.05) is 19.6 Å². The van der Waals surface area contributed by atoms with Crippen LogP contribution in [-0.4, -0.2) is 25.2 Å². The van der Waals surface area contributed by atoms with E-state index in [1.54, 1.807) is 0 Å². The molecule has 2 atom stereocenters. The SMILES string of the molecule is CCC1(C2(CC)CCCCCCCCCCCCCN2)CCCCCCCNCCCCCC1. The van der Waals surface area contributed by atoms with Crippen molar-refractivity contribution in [1.82, 2.24) is 10.6 Å². The van der Waals surface area contributed by atoms with Gasteiger partial charge in [0.25, 0.3) is 0 Å². The molecule has 34 heavy (non-hydrogen) atoms. The van der Waals surface area contributed by atoms with Gasteiger partial charge in [-0.25, -0.2) is 0 Å². The molecule has 0 aromatic rings. The molecule has 0 aliphatic carbocycles. The van der Waals surface area contributed by atoms with E-state index in [0.29, 0.717) is 11.0 Å². The van der Waals surface area contributed by atoms with Gasteiger partial charge in [-0.2, -0.15) is 0 Å². The molecule has 2 unspecified atom stereocenters. The monoisotopic (exact) mass is 477 g/mol. The van der Waals surface area contributed by atoms with Crippen LogP contribution in [0.5, 0.6) is 0 Å². The molecule has 0 bridgehead atoms. The fourth-order valence-corrected chi connectivity index (χ4v) is 7.42. The molecule has 2 rings (SSSR count). The summed E-state index contributed by atoms with van der Waals surface area (Å²) < 4.78 is 0. The summed E-state index contributed by atoms with van der Waals surface area (Å²) in [5.41, 5.74) is 0.853. The molecule has 0 spiro atoms. The van der Waals surface area contributed by atoms with Crippen molar-refractivity contribution >= 4 is 0 Å². The molecule has 2 saturated heterocycles. The van der Waals surface area contributed by atoms with Gasteiger partial charge in [0.2, 0.25) is 0 Å². The Morgan fingerprint density at radius 2 is 0.794 bits per heavy atom. The van der Waals surface area contributed by atoms with Gasteiger partial charge in [-0.1, -0.05) is 123 Å². The summed E-state index contributed by atoms with van der Waals surface area (Å²) in [6.45, 7) is 8.80. The highest BCUT2D eigenvalue weighted by Crippen LogP contribution is 2.49. The largest absolute Gasteiger partial charge is 0.317 e. The van der Waals surface area contributed by atoms with Crippen LogP contribution in [0.2, 0.25) is 0 Å². The normalized spacial score (nSPS) is 31.9. The van der Waals surface area contributed by atoms with Gasteiger partial charge >= 0.3 is 0 Å². The quantitative estimate of drug-likeness (QED) is 0.423.